The third-order valence-electron chi connectivity index (χ3n) is 1.50. The van der Waals surface area contributed by atoms with Crippen molar-refractivity contribution in [1.82, 2.24) is 4.98 Å². The molecule has 1 rings (SSSR count). The Kier molecular flexibility index (Phi) is 3.72. The zero-order chi connectivity index (χ0) is 10.4. The Balaban J connectivity index is 2.52. The number of nitrogens with zero attached hydrogens (tertiary/aromatic N) is 1. The van der Waals surface area contributed by atoms with Gasteiger partial charge in [-0.25, -0.2) is 9.78 Å². The summed E-state index contributed by atoms with van der Waals surface area (Å²) in [5, 5.41) is 2.45. The van der Waals surface area contributed by atoms with Gasteiger partial charge >= 0.3 is 6.09 Å². The number of aromatic nitrogens is 1. The van der Waals surface area contributed by atoms with E-state index < -0.39 is 6.09 Å². The Morgan fingerprint density at radius 2 is 2.50 bits per heavy atom. The summed E-state index contributed by atoms with van der Waals surface area (Å²) in [4.78, 5) is 15.0. The quantitative estimate of drug-likeness (QED) is 0.768. The van der Waals surface area contributed by atoms with Gasteiger partial charge in [-0.3, -0.25) is 5.32 Å². The summed E-state index contributed by atoms with van der Waals surface area (Å²) in [7, 11) is 0. The second-order valence-corrected chi connectivity index (χ2v) is 2.70. The van der Waals surface area contributed by atoms with Crippen LogP contribution in [0.15, 0.2) is 18.3 Å². The van der Waals surface area contributed by atoms with Crippen molar-refractivity contribution in [3.8, 4) is 0 Å². The van der Waals surface area contributed by atoms with E-state index in [0.29, 0.717) is 18.1 Å². The molecule has 0 aliphatic rings. The van der Waals surface area contributed by atoms with E-state index in [1.54, 1.807) is 18.3 Å². The van der Waals surface area contributed by atoms with E-state index in [2.05, 4.69) is 10.3 Å². The monoisotopic (exact) mass is 195 g/mol. The highest BCUT2D eigenvalue weighted by molar-refractivity contribution is 5.86. The van der Waals surface area contributed by atoms with E-state index in [4.69, 9.17) is 10.5 Å². The van der Waals surface area contributed by atoms with Gasteiger partial charge in [0.15, 0.2) is 5.82 Å². The molecule has 0 bridgehead atoms. The van der Waals surface area contributed by atoms with Crippen LogP contribution in [0.4, 0.5) is 16.3 Å². The van der Waals surface area contributed by atoms with Crippen molar-refractivity contribution in [2.45, 2.75) is 13.3 Å². The van der Waals surface area contributed by atoms with E-state index in [1.807, 2.05) is 6.92 Å². The number of carbonyl (C=O) groups is 1. The van der Waals surface area contributed by atoms with Gasteiger partial charge in [-0.05, 0) is 18.6 Å². The molecule has 0 aliphatic carbocycles. The molecule has 5 heteroatoms. The average Bonchev–Trinajstić information content (AvgIpc) is 2.18. The van der Waals surface area contributed by atoms with Crippen LogP contribution in [-0.2, 0) is 4.74 Å². The van der Waals surface area contributed by atoms with E-state index in [9.17, 15) is 4.79 Å². The summed E-state index contributed by atoms with van der Waals surface area (Å²) in [6.07, 6.45) is 1.80. The van der Waals surface area contributed by atoms with Gasteiger partial charge in [0.05, 0.1) is 12.3 Å². The molecule has 1 amide bonds. The van der Waals surface area contributed by atoms with Crippen LogP contribution in [0.3, 0.4) is 0 Å². The number of hydrogen-bond donors (Lipinski definition) is 2. The molecule has 0 aromatic carbocycles. The van der Waals surface area contributed by atoms with Gasteiger partial charge in [0.25, 0.3) is 0 Å². The first kappa shape index (κ1) is 10.3. The topological polar surface area (TPSA) is 77.2 Å². The van der Waals surface area contributed by atoms with Crippen molar-refractivity contribution in [2.24, 2.45) is 0 Å². The van der Waals surface area contributed by atoms with Crippen LogP contribution in [-0.4, -0.2) is 17.7 Å². The standard InChI is InChI=1S/C9H13N3O2/c1-2-6-14-9(13)12-8-7(10)4-3-5-11-8/h3-5H,2,6,10H2,1H3,(H,11,12,13). The second kappa shape index (κ2) is 5.06. The van der Waals surface area contributed by atoms with E-state index >= 15 is 0 Å². The molecule has 0 atom stereocenters. The van der Waals surface area contributed by atoms with Crippen molar-refractivity contribution in [3.63, 3.8) is 0 Å². The van der Waals surface area contributed by atoms with Crippen LogP contribution >= 0.6 is 0 Å². The first-order valence-electron chi connectivity index (χ1n) is 4.38. The number of pyridine rings is 1. The fraction of sp³-hybridized carbons (Fsp3) is 0.333. The Morgan fingerprint density at radius 1 is 1.71 bits per heavy atom. The zero-order valence-electron chi connectivity index (χ0n) is 7.99. The number of nitrogen functional groups attached to an aromatic ring is 1. The van der Waals surface area contributed by atoms with E-state index in [1.165, 1.54) is 0 Å². The summed E-state index contributed by atoms with van der Waals surface area (Å²) in [5.41, 5.74) is 5.98. The Hall–Kier alpha value is -1.78. The molecule has 0 saturated heterocycles. The molecule has 0 spiro atoms. The molecule has 1 aromatic rings. The number of carbonyl (C=O) groups excluding carboxylic acids is 1. The van der Waals surface area contributed by atoms with Gasteiger partial charge in [0.1, 0.15) is 0 Å². The average molecular weight is 195 g/mol. The molecular formula is C9H13N3O2. The lowest BCUT2D eigenvalue weighted by atomic mass is 10.4. The van der Waals surface area contributed by atoms with Gasteiger partial charge in [-0.15, -0.1) is 0 Å². The van der Waals surface area contributed by atoms with Gasteiger partial charge in [-0.2, -0.15) is 0 Å². The minimum absolute atomic E-state index is 0.327. The van der Waals surface area contributed by atoms with Crippen molar-refractivity contribution in [2.75, 3.05) is 17.7 Å². The van der Waals surface area contributed by atoms with Crippen LogP contribution < -0.4 is 11.1 Å². The number of amides is 1. The molecule has 76 valence electrons. The molecule has 0 fully saturated rings. The minimum atomic E-state index is -0.530. The van der Waals surface area contributed by atoms with E-state index in [-0.39, 0.29) is 0 Å². The molecule has 0 aliphatic heterocycles. The number of ether oxygens (including phenoxy) is 1. The highest BCUT2D eigenvalue weighted by atomic mass is 16.5. The summed E-state index contributed by atoms with van der Waals surface area (Å²) in [6, 6.07) is 3.35. The molecule has 5 nitrogen and oxygen atoms in total. The van der Waals surface area contributed by atoms with Crippen LogP contribution in [0, 0.1) is 0 Å². The van der Waals surface area contributed by atoms with E-state index in [0.717, 1.165) is 6.42 Å². The summed E-state index contributed by atoms with van der Waals surface area (Å²) in [5.74, 6) is 0.327. The number of rotatable bonds is 3. The minimum Gasteiger partial charge on any atom is -0.449 e. The second-order valence-electron chi connectivity index (χ2n) is 2.70. The molecule has 14 heavy (non-hydrogen) atoms. The normalized spacial score (nSPS) is 9.50. The number of nitrogens with two attached hydrogens (primary N) is 1. The lowest BCUT2D eigenvalue weighted by Crippen LogP contribution is -2.16. The Labute approximate surface area is 82.3 Å². The van der Waals surface area contributed by atoms with Crippen molar-refractivity contribution >= 4 is 17.6 Å². The van der Waals surface area contributed by atoms with Gasteiger partial charge < -0.3 is 10.5 Å². The number of nitrogens with one attached hydrogen (secondary N) is 1. The fourth-order valence-electron chi connectivity index (χ4n) is 0.850. The lowest BCUT2D eigenvalue weighted by Gasteiger charge is -2.06. The number of hydrogen-bond acceptors (Lipinski definition) is 4. The molecule has 1 aromatic heterocycles. The van der Waals surface area contributed by atoms with Crippen molar-refractivity contribution in [1.29, 1.82) is 0 Å². The lowest BCUT2D eigenvalue weighted by molar-refractivity contribution is 0.161. The Bertz CT molecular complexity index is 315. The molecule has 0 saturated carbocycles. The third kappa shape index (κ3) is 2.93. The van der Waals surface area contributed by atoms with Crippen molar-refractivity contribution in [3.05, 3.63) is 18.3 Å². The maximum Gasteiger partial charge on any atom is 0.412 e. The van der Waals surface area contributed by atoms with Crippen LogP contribution in [0.1, 0.15) is 13.3 Å². The highest BCUT2D eigenvalue weighted by Crippen LogP contribution is 2.12. The van der Waals surface area contributed by atoms with Crippen LogP contribution in [0.2, 0.25) is 0 Å². The van der Waals surface area contributed by atoms with Crippen LogP contribution in [0.25, 0.3) is 0 Å². The number of anilines is 2. The first-order chi connectivity index (χ1) is 6.74. The maximum absolute atomic E-state index is 11.1. The molecular weight excluding hydrogens is 182 g/mol. The predicted molar refractivity (Wildman–Crippen MR) is 53.9 cm³/mol. The summed E-state index contributed by atoms with van der Waals surface area (Å²) < 4.78 is 4.80. The highest BCUT2D eigenvalue weighted by Gasteiger charge is 2.05. The van der Waals surface area contributed by atoms with Gasteiger partial charge in [0.2, 0.25) is 0 Å². The largest absolute Gasteiger partial charge is 0.449 e. The molecule has 1 heterocycles. The van der Waals surface area contributed by atoms with Crippen LogP contribution in [0.5, 0.6) is 0 Å². The van der Waals surface area contributed by atoms with Crippen molar-refractivity contribution < 1.29 is 9.53 Å². The Morgan fingerprint density at radius 3 is 3.14 bits per heavy atom. The molecule has 0 unspecified atom stereocenters. The fourth-order valence-corrected chi connectivity index (χ4v) is 0.850. The summed E-state index contributed by atoms with van der Waals surface area (Å²) in [6.45, 7) is 2.31. The smallest absolute Gasteiger partial charge is 0.412 e. The predicted octanol–water partition coefficient (Wildman–Crippen LogP) is 1.62. The zero-order valence-corrected chi connectivity index (χ0v) is 7.99. The first-order valence-corrected chi connectivity index (χ1v) is 4.38. The maximum atomic E-state index is 11.1. The molecule has 3 N–H and O–H groups in total. The molecule has 0 radical (unpaired) electrons. The third-order valence-corrected chi connectivity index (χ3v) is 1.50. The van der Waals surface area contributed by atoms with Gasteiger partial charge in [-0.1, -0.05) is 6.92 Å². The SMILES string of the molecule is CCCOC(=O)Nc1ncccc1N. The van der Waals surface area contributed by atoms with Gasteiger partial charge in [0, 0.05) is 6.20 Å². The summed E-state index contributed by atoms with van der Waals surface area (Å²) >= 11 is 0.